The van der Waals surface area contributed by atoms with Crippen LogP contribution in [0.3, 0.4) is 0 Å². The Morgan fingerprint density at radius 3 is 2.91 bits per heavy atom. The summed E-state index contributed by atoms with van der Waals surface area (Å²) in [6.07, 6.45) is 3.87. The number of sulfonamides is 1. The zero-order valence-corrected chi connectivity index (χ0v) is 15.4. The summed E-state index contributed by atoms with van der Waals surface area (Å²) in [4.78, 5) is 6.50. The first-order valence-corrected chi connectivity index (χ1v) is 10.0. The zero-order chi connectivity index (χ0) is 17.1. The van der Waals surface area contributed by atoms with Crippen molar-refractivity contribution in [2.24, 2.45) is 4.99 Å². The molecule has 0 unspecified atom stereocenters. The quantitative estimate of drug-likeness (QED) is 0.290. The van der Waals surface area contributed by atoms with Gasteiger partial charge in [0.05, 0.1) is 6.54 Å². The van der Waals surface area contributed by atoms with Crippen LogP contribution in [0.25, 0.3) is 0 Å². The summed E-state index contributed by atoms with van der Waals surface area (Å²) in [7, 11) is -1.44. The van der Waals surface area contributed by atoms with Crippen molar-refractivity contribution in [2.45, 2.75) is 24.0 Å². The van der Waals surface area contributed by atoms with Gasteiger partial charge in [0, 0.05) is 26.7 Å². The summed E-state index contributed by atoms with van der Waals surface area (Å²) < 4.78 is 26.9. The topological polar surface area (TPSA) is 73.8 Å². The van der Waals surface area contributed by atoms with Gasteiger partial charge < -0.3 is 10.2 Å². The van der Waals surface area contributed by atoms with Crippen molar-refractivity contribution in [1.82, 2.24) is 14.9 Å². The summed E-state index contributed by atoms with van der Waals surface area (Å²) in [5.41, 5.74) is 0. The van der Waals surface area contributed by atoms with E-state index in [-0.39, 0.29) is 6.54 Å². The smallest absolute Gasteiger partial charge is 0.250 e. The fourth-order valence-corrected chi connectivity index (χ4v) is 3.94. The summed E-state index contributed by atoms with van der Waals surface area (Å²) in [5, 5.41) is 4.95. The highest BCUT2D eigenvalue weighted by molar-refractivity contribution is 7.91. The Morgan fingerprint density at radius 2 is 2.30 bits per heavy atom. The van der Waals surface area contributed by atoms with Crippen molar-refractivity contribution >= 4 is 27.3 Å². The standard InChI is InChI=1S/C15H26N4O2S2/c1-4-6-7-12-19(3)15(16-5-2)17-10-11-18-23(20,21)14-9-8-13-22-14/h4,8-9,13,18H,1,5-7,10-12H2,2-3H3,(H,16,17). The van der Waals surface area contributed by atoms with Gasteiger partial charge in [-0.2, -0.15) is 0 Å². The van der Waals surface area contributed by atoms with Crippen LogP contribution in [0.5, 0.6) is 0 Å². The summed E-state index contributed by atoms with van der Waals surface area (Å²) in [6, 6.07) is 3.31. The number of rotatable bonds is 10. The maximum Gasteiger partial charge on any atom is 0.250 e. The minimum atomic E-state index is -3.41. The van der Waals surface area contributed by atoms with Gasteiger partial charge in [0.15, 0.2) is 5.96 Å². The van der Waals surface area contributed by atoms with Gasteiger partial charge in [-0.25, -0.2) is 13.1 Å². The van der Waals surface area contributed by atoms with Crippen molar-refractivity contribution in [3.8, 4) is 0 Å². The normalized spacial score (nSPS) is 12.2. The number of hydrogen-bond acceptors (Lipinski definition) is 4. The lowest BCUT2D eigenvalue weighted by Gasteiger charge is -2.21. The van der Waals surface area contributed by atoms with Gasteiger partial charge in [-0.05, 0) is 31.2 Å². The van der Waals surface area contributed by atoms with Gasteiger partial charge >= 0.3 is 0 Å². The van der Waals surface area contributed by atoms with Crippen LogP contribution in [0.2, 0.25) is 0 Å². The lowest BCUT2D eigenvalue weighted by molar-refractivity contribution is 0.470. The molecule has 130 valence electrons. The molecule has 0 saturated carbocycles. The van der Waals surface area contributed by atoms with E-state index >= 15 is 0 Å². The third-order valence-electron chi connectivity index (χ3n) is 3.02. The largest absolute Gasteiger partial charge is 0.357 e. The Morgan fingerprint density at radius 1 is 1.52 bits per heavy atom. The van der Waals surface area contributed by atoms with Crippen LogP contribution in [0, 0.1) is 0 Å². The van der Waals surface area contributed by atoms with Crippen LogP contribution >= 0.6 is 11.3 Å². The van der Waals surface area contributed by atoms with Crippen LogP contribution in [0.1, 0.15) is 19.8 Å². The third-order valence-corrected chi connectivity index (χ3v) is 5.88. The Labute approximate surface area is 143 Å². The molecule has 0 radical (unpaired) electrons. The molecule has 6 nitrogen and oxygen atoms in total. The average Bonchev–Trinajstić information content (AvgIpc) is 3.05. The molecule has 0 aromatic carbocycles. The van der Waals surface area contributed by atoms with Crippen molar-refractivity contribution in [3.63, 3.8) is 0 Å². The van der Waals surface area contributed by atoms with Crippen molar-refractivity contribution < 1.29 is 8.42 Å². The Bertz CT molecular complexity index is 583. The molecule has 0 atom stereocenters. The van der Waals surface area contributed by atoms with E-state index in [0.29, 0.717) is 10.8 Å². The van der Waals surface area contributed by atoms with Crippen LogP contribution in [-0.2, 0) is 10.0 Å². The SMILES string of the molecule is C=CCCCN(C)C(=NCCNS(=O)(=O)c1cccs1)NCC. The van der Waals surface area contributed by atoms with Crippen LogP contribution in [-0.4, -0.2) is 52.5 Å². The molecule has 0 fully saturated rings. The second kappa shape index (κ2) is 10.4. The molecule has 8 heteroatoms. The Kier molecular flexibility index (Phi) is 8.90. The van der Waals surface area contributed by atoms with E-state index in [1.807, 2.05) is 24.9 Å². The molecule has 1 rings (SSSR count). The monoisotopic (exact) mass is 358 g/mol. The second-order valence-corrected chi connectivity index (χ2v) is 7.86. The molecule has 0 saturated heterocycles. The molecular formula is C15H26N4O2S2. The van der Waals surface area contributed by atoms with Gasteiger partial charge in [0.2, 0.25) is 10.0 Å². The lowest BCUT2D eigenvalue weighted by atomic mass is 10.3. The van der Waals surface area contributed by atoms with E-state index in [1.165, 1.54) is 11.3 Å². The molecule has 0 spiro atoms. The number of nitrogens with zero attached hydrogens (tertiary/aromatic N) is 2. The molecule has 0 aliphatic carbocycles. The molecule has 1 aromatic rings. The lowest BCUT2D eigenvalue weighted by Crippen LogP contribution is -2.40. The molecule has 23 heavy (non-hydrogen) atoms. The fourth-order valence-electron chi connectivity index (χ4n) is 1.88. The second-order valence-electron chi connectivity index (χ2n) is 4.92. The molecule has 0 aliphatic heterocycles. The first-order valence-electron chi connectivity index (χ1n) is 7.64. The van der Waals surface area contributed by atoms with Crippen molar-refractivity contribution in [2.75, 3.05) is 33.2 Å². The molecule has 0 bridgehead atoms. The van der Waals surface area contributed by atoms with Crippen LogP contribution in [0.4, 0.5) is 0 Å². The Hall–Kier alpha value is -1.38. The minimum absolute atomic E-state index is 0.273. The summed E-state index contributed by atoms with van der Waals surface area (Å²) >= 11 is 1.20. The molecule has 0 amide bonds. The van der Waals surface area contributed by atoms with Gasteiger partial charge in [0.25, 0.3) is 0 Å². The highest BCUT2D eigenvalue weighted by atomic mass is 32.2. The van der Waals surface area contributed by atoms with Gasteiger partial charge in [0.1, 0.15) is 4.21 Å². The van der Waals surface area contributed by atoms with Gasteiger partial charge in [-0.3, -0.25) is 4.99 Å². The highest BCUT2D eigenvalue weighted by Gasteiger charge is 2.13. The zero-order valence-electron chi connectivity index (χ0n) is 13.8. The molecule has 0 aliphatic rings. The van der Waals surface area contributed by atoms with Crippen molar-refractivity contribution in [1.29, 1.82) is 0 Å². The first kappa shape index (κ1) is 19.7. The van der Waals surface area contributed by atoms with Crippen LogP contribution in [0.15, 0.2) is 39.4 Å². The number of unbranched alkanes of at least 4 members (excludes halogenated alkanes) is 1. The molecular weight excluding hydrogens is 332 g/mol. The first-order chi connectivity index (χ1) is 11.0. The average molecular weight is 359 g/mol. The number of guanidine groups is 1. The van der Waals surface area contributed by atoms with E-state index in [4.69, 9.17) is 0 Å². The number of thiophene rings is 1. The third kappa shape index (κ3) is 7.15. The number of nitrogens with one attached hydrogen (secondary N) is 2. The van der Waals surface area contributed by atoms with Crippen molar-refractivity contribution in [3.05, 3.63) is 30.2 Å². The van der Waals surface area contributed by atoms with Gasteiger partial charge in [-0.15, -0.1) is 17.9 Å². The predicted octanol–water partition coefficient (Wildman–Crippen LogP) is 1.89. The van der Waals surface area contributed by atoms with Crippen LogP contribution < -0.4 is 10.0 Å². The van der Waals surface area contributed by atoms with E-state index in [0.717, 1.165) is 31.9 Å². The molecule has 1 heterocycles. The van der Waals surface area contributed by atoms with E-state index in [2.05, 4.69) is 21.6 Å². The number of aliphatic imine (C=N–C) groups is 1. The molecule has 2 N–H and O–H groups in total. The van der Waals surface area contributed by atoms with E-state index in [1.54, 1.807) is 17.5 Å². The number of allylic oxidation sites excluding steroid dienone is 1. The van der Waals surface area contributed by atoms with Gasteiger partial charge in [-0.1, -0.05) is 12.1 Å². The minimum Gasteiger partial charge on any atom is -0.357 e. The highest BCUT2D eigenvalue weighted by Crippen LogP contribution is 2.14. The fraction of sp³-hybridized carbons (Fsp3) is 0.533. The van der Waals surface area contributed by atoms with E-state index < -0.39 is 10.0 Å². The molecule has 1 aromatic heterocycles. The number of hydrogen-bond donors (Lipinski definition) is 2. The van der Waals surface area contributed by atoms with E-state index in [9.17, 15) is 8.42 Å². The maximum absolute atomic E-state index is 12.0. The Balaban J connectivity index is 2.49. The predicted molar refractivity (Wildman–Crippen MR) is 97.5 cm³/mol. The maximum atomic E-state index is 12.0. The summed E-state index contributed by atoms with van der Waals surface area (Å²) in [6.45, 7) is 8.03. The summed E-state index contributed by atoms with van der Waals surface area (Å²) in [5.74, 6) is 0.784.